The fourth-order valence-electron chi connectivity index (χ4n) is 3.14. The van der Waals surface area contributed by atoms with Crippen molar-refractivity contribution < 1.29 is 21.6 Å². The van der Waals surface area contributed by atoms with Gasteiger partial charge in [0.05, 0.1) is 9.79 Å². The monoisotopic (exact) mass is 456 g/mol. The second-order valence-corrected chi connectivity index (χ2v) is 11.3. The van der Waals surface area contributed by atoms with Crippen molar-refractivity contribution >= 4 is 43.1 Å². The summed E-state index contributed by atoms with van der Waals surface area (Å²) in [7, 11) is -6.92. The maximum absolute atomic E-state index is 12.7. The Morgan fingerprint density at radius 1 is 0.931 bits per heavy atom. The standard InChI is InChI=1S/C19H21ClN2O5S2/c1-28(24,25)17-8-4-16(5-9-17)21-19(23)14-10-12-22(13-11-14)29(26,27)18-6-2-15(20)3-7-18/h2-9,14H,10-13H2,1H3,(H,21,23). The predicted molar refractivity (Wildman–Crippen MR) is 111 cm³/mol. The number of sulfone groups is 1. The molecule has 0 spiro atoms. The van der Waals surface area contributed by atoms with Gasteiger partial charge in [-0.2, -0.15) is 4.31 Å². The van der Waals surface area contributed by atoms with E-state index in [-0.39, 0.29) is 34.7 Å². The molecule has 1 aliphatic rings. The van der Waals surface area contributed by atoms with Crippen molar-refractivity contribution in [2.24, 2.45) is 5.92 Å². The van der Waals surface area contributed by atoms with Crippen LogP contribution >= 0.6 is 11.6 Å². The van der Waals surface area contributed by atoms with Crippen LogP contribution in [0.3, 0.4) is 0 Å². The molecular weight excluding hydrogens is 436 g/mol. The summed E-state index contributed by atoms with van der Waals surface area (Å²) < 4.78 is 49.8. The number of nitrogens with one attached hydrogen (secondary N) is 1. The Bertz CT molecular complexity index is 1090. The molecule has 0 aliphatic carbocycles. The highest BCUT2D eigenvalue weighted by atomic mass is 35.5. The van der Waals surface area contributed by atoms with Crippen LogP contribution in [0.15, 0.2) is 58.3 Å². The molecule has 2 aromatic rings. The summed E-state index contributed by atoms with van der Waals surface area (Å²) in [6.07, 6.45) is 1.92. The molecule has 0 bridgehead atoms. The Kier molecular flexibility index (Phi) is 6.33. The van der Waals surface area contributed by atoms with Gasteiger partial charge in [-0.25, -0.2) is 16.8 Å². The van der Waals surface area contributed by atoms with Gasteiger partial charge in [0.1, 0.15) is 0 Å². The molecule has 1 amide bonds. The number of halogens is 1. The Hall–Kier alpha value is -1.94. The molecule has 10 heteroatoms. The van der Waals surface area contributed by atoms with Crippen molar-refractivity contribution in [2.45, 2.75) is 22.6 Å². The third-order valence-electron chi connectivity index (χ3n) is 4.83. The molecular formula is C19H21ClN2O5S2. The van der Waals surface area contributed by atoms with Crippen LogP contribution in [0.4, 0.5) is 5.69 Å². The van der Waals surface area contributed by atoms with Crippen molar-refractivity contribution in [3.8, 4) is 0 Å². The van der Waals surface area contributed by atoms with E-state index in [0.29, 0.717) is 23.6 Å². The van der Waals surface area contributed by atoms with Crippen LogP contribution in [0.25, 0.3) is 0 Å². The van der Waals surface area contributed by atoms with Crippen LogP contribution in [-0.2, 0) is 24.7 Å². The zero-order chi connectivity index (χ0) is 21.2. The van der Waals surface area contributed by atoms with E-state index in [1.165, 1.54) is 52.8 Å². The Labute approximate surface area is 175 Å². The second kappa shape index (κ2) is 8.43. The van der Waals surface area contributed by atoms with Gasteiger partial charge in [-0.05, 0) is 61.4 Å². The zero-order valence-electron chi connectivity index (χ0n) is 15.7. The smallest absolute Gasteiger partial charge is 0.243 e. The van der Waals surface area contributed by atoms with E-state index in [1.54, 1.807) is 0 Å². The summed E-state index contributed by atoms with van der Waals surface area (Å²) >= 11 is 5.82. The molecule has 3 rings (SSSR count). The van der Waals surface area contributed by atoms with Gasteiger partial charge in [-0.1, -0.05) is 11.6 Å². The maximum Gasteiger partial charge on any atom is 0.243 e. The van der Waals surface area contributed by atoms with Crippen molar-refractivity contribution in [3.63, 3.8) is 0 Å². The molecule has 156 valence electrons. The first kappa shape index (κ1) is 21.8. The lowest BCUT2D eigenvalue weighted by molar-refractivity contribution is -0.120. The summed E-state index contributed by atoms with van der Waals surface area (Å²) in [5.74, 6) is -0.526. The number of carbonyl (C=O) groups excluding carboxylic acids is 1. The Morgan fingerprint density at radius 3 is 1.97 bits per heavy atom. The third kappa shape index (κ3) is 5.16. The number of benzene rings is 2. The van der Waals surface area contributed by atoms with E-state index >= 15 is 0 Å². The first-order valence-corrected chi connectivity index (χ1v) is 12.6. The second-order valence-electron chi connectivity index (χ2n) is 6.92. The van der Waals surface area contributed by atoms with E-state index in [9.17, 15) is 21.6 Å². The van der Waals surface area contributed by atoms with Crippen molar-refractivity contribution in [2.75, 3.05) is 24.7 Å². The van der Waals surface area contributed by atoms with Crippen LogP contribution in [0.1, 0.15) is 12.8 Å². The summed E-state index contributed by atoms with van der Waals surface area (Å²) in [6, 6.07) is 11.9. The van der Waals surface area contributed by atoms with E-state index < -0.39 is 19.9 Å². The van der Waals surface area contributed by atoms with E-state index in [0.717, 1.165) is 6.26 Å². The van der Waals surface area contributed by atoms with E-state index in [2.05, 4.69) is 5.32 Å². The Balaban J connectivity index is 1.60. The number of sulfonamides is 1. The van der Waals surface area contributed by atoms with E-state index in [4.69, 9.17) is 11.6 Å². The molecule has 0 saturated carbocycles. The number of piperidine rings is 1. The highest BCUT2D eigenvalue weighted by Crippen LogP contribution is 2.26. The van der Waals surface area contributed by atoms with Crippen LogP contribution in [-0.4, -0.2) is 46.4 Å². The quantitative estimate of drug-likeness (QED) is 0.745. The van der Waals surface area contributed by atoms with Crippen LogP contribution in [0, 0.1) is 5.92 Å². The van der Waals surface area contributed by atoms with Gasteiger partial charge >= 0.3 is 0 Å². The average molecular weight is 457 g/mol. The van der Waals surface area contributed by atoms with Crippen LogP contribution in [0.2, 0.25) is 5.02 Å². The van der Waals surface area contributed by atoms with Crippen molar-refractivity contribution in [3.05, 3.63) is 53.6 Å². The molecule has 29 heavy (non-hydrogen) atoms. The molecule has 0 radical (unpaired) electrons. The molecule has 1 fully saturated rings. The number of hydrogen-bond acceptors (Lipinski definition) is 5. The summed E-state index contributed by atoms with van der Waals surface area (Å²) in [5, 5.41) is 3.23. The minimum atomic E-state index is -3.62. The van der Waals surface area contributed by atoms with Gasteiger partial charge in [0.15, 0.2) is 9.84 Å². The highest BCUT2D eigenvalue weighted by molar-refractivity contribution is 7.90. The number of nitrogens with zero attached hydrogens (tertiary/aromatic N) is 1. The maximum atomic E-state index is 12.7. The molecule has 1 aliphatic heterocycles. The normalized spacial score (nSPS) is 16.5. The molecule has 0 unspecified atom stereocenters. The van der Waals surface area contributed by atoms with Crippen LogP contribution < -0.4 is 5.32 Å². The van der Waals surface area contributed by atoms with Crippen molar-refractivity contribution in [1.29, 1.82) is 0 Å². The minimum absolute atomic E-state index is 0.177. The minimum Gasteiger partial charge on any atom is -0.326 e. The summed E-state index contributed by atoms with van der Waals surface area (Å²) in [4.78, 5) is 12.9. The van der Waals surface area contributed by atoms with Crippen molar-refractivity contribution in [1.82, 2.24) is 4.31 Å². The number of carbonyl (C=O) groups is 1. The average Bonchev–Trinajstić information content (AvgIpc) is 2.68. The SMILES string of the molecule is CS(=O)(=O)c1ccc(NC(=O)C2CCN(S(=O)(=O)c3ccc(Cl)cc3)CC2)cc1. The van der Waals surface area contributed by atoms with Gasteiger partial charge < -0.3 is 5.32 Å². The van der Waals surface area contributed by atoms with Gasteiger partial charge in [0.25, 0.3) is 0 Å². The summed E-state index contributed by atoms with van der Waals surface area (Å²) in [6.45, 7) is 0.492. The lowest BCUT2D eigenvalue weighted by atomic mass is 9.97. The van der Waals surface area contributed by atoms with Gasteiger partial charge in [-0.15, -0.1) is 0 Å². The first-order chi connectivity index (χ1) is 13.6. The number of anilines is 1. The lowest BCUT2D eigenvalue weighted by Crippen LogP contribution is -2.41. The Morgan fingerprint density at radius 2 is 1.45 bits per heavy atom. The highest BCUT2D eigenvalue weighted by Gasteiger charge is 2.32. The zero-order valence-corrected chi connectivity index (χ0v) is 18.1. The number of rotatable bonds is 5. The first-order valence-electron chi connectivity index (χ1n) is 8.94. The molecule has 7 nitrogen and oxygen atoms in total. The topological polar surface area (TPSA) is 101 Å². The molecule has 0 atom stereocenters. The van der Waals surface area contributed by atoms with Gasteiger partial charge in [-0.3, -0.25) is 4.79 Å². The fraction of sp³-hybridized carbons (Fsp3) is 0.316. The molecule has 0 aromatic heterocycles. The van der Waals surface area contributed by atoms with Crippen LogP contribution in [0.5, 0.6) is 0 Å². The molecule has 1 N–H and O–H groups in total. The van der Waals surface area contributed by atoms with E-state index in [1.807, 2.05) is 0 Å². The molecule has 1 saturated heterocycles. The predicted octanol–water partition coefficient (Wildman–Crippen LogP) is 2.78. The third-order valence-corrected chi connectivity index (χ3v) is 8.12. The summed E-state index contributed by atoms with van der Waals surface area (Å²) in [5.41, 5.74) is 0.499. The van der Waals surface area contributed by atoms with Gasteiger partial charge in [0, 0.05) is 36.0 Å². The molecule has 1 heterocycles. The lowest BCUT2D eigenvalue weighted by Gasteiger charge is -2.30. The number of amides is 1. The fourth-order valence-corrected chi connectivity index (χ4v) is 5.37. The number of hydrogen-bond donors (Lipinski definition) is 1. The molecule has 2 aromatic carbocycles. The largest absolute Gasteiger partial charge is 0.326 e. The van der Waals surface area contributed by atoms with Gasteiger partial charge in [0.2, 0.25) is 15.9 Å².